The molecule has 2 aromatic rings. The summed E-state index contributed by atoms with van der Waals surface area (Å²) in [5, 5.41) is 6.99. The van der Waals surface area contributed by atoms with Crippen molar-refractivity contribution in [1.29, 1.82) is 0 Å². The van der Waals surface area contributed by atoms with Crippen molar-refractivity contribution < 1.29 is 14.0 Å². The molecule has 2 aliphatic rings. The number of rotatable bonds is 6. The predicted molar refractivity (Wildman–Crippen MR) is 120 cm³/mol. The van der Waals surface area contributed by atoms with Gasteiger partial charge in [0.2, 0.25) is 0 Å². The number of nitrogens with zero attached hydrogens (tertiary/aromatic N) is 3. The molecule has 0 spiro atoms. The molecule has 0 aliphatic carbocycles. The zero-order chi connectivity index (χ0) is 21.8. The number of benzene rings is 2. The molecule has 2 unspecified atom stereocenters. The smallest absolute Gasteiger partial charge is 0.269 e. The lowest BCUT2D eigenvalue weighted by atomic mass is 10.0. The van der Waals surface area contributed by atoms with E-state index in [1.807, 2.05) is 43.3 Å². The maximum atomic E-state index is 14.1. The summed E-state index contributed by atoms with van der Waals surface area (Å²) in [6, 6.07) is 14.2. The molecule has 2 atom stereocenters. The molecule has 0 aromatic heterocycles. The van der Waals surface area contributed by atoms with Crippen LogP contribution in [-0.4, -0.2) is 49.2 Å². The van der Waals surface area contributed by atoms with Gasteiger partial charge < -0.3 is 20.0 Å². The number of piperazine rings is 1. The van der Waals surface area contributed by atoms with Gasteiger partial charge in [-0.25, -0.2) is 4.39 Å². The van der Waals surface area contributed by atoms with Crippen LogP contribution in [0.15, 0.2) is 53.7 Å². The molecule has 7 heteroatoms. The Hall–Kier alpha value is -2.93. The number of carbonyl (C=O) groups excluding carboxylic acids is 1. The van der Waals surface area contributed by atoms with Crippen molar-refractivity contribution >= 4 is 17.3 Å². The number of hydrogen-bond donors (Lipinski definition) is 1. The molecule has 31 heavy (non-hydrogen) atoms. The summed E-state index contributed by atoms with van der Waals surface area (Å²) in [6.07, 6.45) is 0.161. The van der Waals surface area contributed by atoms with E-state index in [4.69, 9.17) is 4.84 Å². The largest absolute Gasteiger partial charge is 0.387 e. The normalized spacial score (nSPS) is 20.2. The lowest BCUT2D eigenvalue weighted by molar-refractivity contribution is -0.115. The SMILES string of the molecule is CCN1CCN(c2ccc(F)cc2C(C)NC(=O)C2=NOC(c3ccccc3)C2)CC1. The van der Waals surface area contributed by atoms with Crippen LogP contribution in [0.3, 0.4) is 0 Å². The summed E-state index contributed by atoms with van der Waals surface area (Å²) in [5.74, 6) is -0.588. The van der Waals surface area contributed by atoms with Crippen molar-refractivity contribution in [3.8, 4) is 0 Å². The molecule has 0 bridgehead atoms. The quantitative estimate of drug-likeness (QED) is 0.769. The van der Waals surface area contributed by atoms with E-state index in [2.05, 4.69) is 27.2 Å². The summed E-state index contributed by atoms with van der Waals surface area (Å²) in [5.41, 5.74) is 3.09. The van der Waals surface area contributed by atoms with Gasteiger partial charge in [-0.2, -0.15) is 0 Å². The van der Waals surface area contributed by atoms with Crippen molar-refractivity contribution in [2.45, 2.75) is 32.4 Å². The first-order valence-electron chi connectivity index (χ1n) is 10.9. The van der Waals surface area contributed by atoms with E-state index in [0.717, 1.165) is 49.5 Å². The van der Waals surface area contributed by atoms with E-state index in [1.165, 1.54) is 12.1 Å². The van der Waals surface area contributed by atoms with Crippen molar-refractivity contribution in [3.63, 3.8) is 0 Å². The van der Waals surface area contributed by atoms with Crippen LogP contribution >= 0.6 is 0 Å². The maximum absolute atomic E-state index is 14.1. The third kappa shape index (κ3) is 4.88. The average molecular weight is 425 g/mol. The van der Waals surface area contributed by atoms with Crippen LogP contribution in [0.4, 0.5) is 10.1 Å². The van der Waals surface area contributed by atoms with Crippen molar-refractivity contribution in [2.24, 2.45) is 5.16 Å². The fourth-order valence-electron chi connectivity index (χ4n) is 4.18. The van der Waals surface area contributed by atoms with Gasteiger partial charge in [0, 0.05) is 43.9 Å². The van der Waals surface area contributed by atoms with Crippen LogP contribution < -0.4 is 10.2 Å². The van der Waals surface area contributed by atoms with Crippen LogP contribution in [0.2, 0.25) is 0 Å². The third-order valence-electron chi connectivity index (χ3n) is 6.07. The number of likely N-dealkylation sites (N-methyl/N-ethyl adjacent to an activating group) is 1. The minimum Gasteiger partial charge on any atom is -0.387 e. The Morgan fingerprint density at radius 2 is 1.94 bits per heavy atom. The summed E-state index contributed by atoms with van der Waals surface area (Å²) >= 11 is 0. The highest BCUT2D eigenvalue weighted by Crippen LogP contribution is 2.30. The Kier molecular flexibility index (Phi) is 6.51. The first kappa shape index (κ1) is 21.3. The van der Waals surface area contributed by atoms with Crippen LogP contribution in [0.5, 0.6) is 0 Å². The standard InChI is InChI=1S/C24H29FN4O2/c1-3-28-11-13-29(14-12-28)22-10-9-19(25)15-20(22)17(2)26-24(30)21-16-23(31-27-21)18-7-5-4-6-8-18/h4-10,15,17,23H,3,11-14,16H2,1-2H3,(H,26,30). The Morgan fingerprint density at radius 1 is 1.19 bits per heavy atom. The van der Waals surface area contributed by atoms with Gasteiger partial charge >= 0.3 is 0 Å². The summed E-state index contributed by atoms with van der Waals surface area (Å²) in [7, 11) is 0. The molecule has 2 aliphatic heterocycles. The van der Waals surface area contributed by atoms with Crippen molar-refractivity contribution in [3.05, 3.63) is 65.5 Å². The van der Waals surface area contributed by atoms with Gasteiger partial charge in [0.25, 0.3) is 5.91 Å². The molecule has 1 amide bonds. The minimum atomic E-state index is -0.360. The van der Waals surface area contributed by atoms with E-state index < -0.39 is 0 Å². The van der Waals surface area contributed by atoms with Gasteiger partial charge in [-0.3, -0.25) is 4.79 Å². The Balaban J connectivity index is 1.43. The van der Waals surface area contributed by atoms with Gasteiger partial charge in [0.05, 0.1) is 6.04 Å². The van der Waals surface area contributed by atoms with Gasteiger partial charge in [-0.1, -0.05) is 42.4 Å². The Morgan fingerprint density at radius 3 is 2.65 bits per heavy atom. The van der Waals surface area contributed by atoms with Crippen LogP contribution in [-0.2, 0) is 9.63 Å². The lowest BCUT2D eigenvalue weighted by Gasteiger charge is -2.37. The van der Waals surface area contributed by atoms with E-state index in [-0.39, 0.29) is 23.9 Å². The van der Waals surface area contributed by atoms with Gasteiger partial charge in [-0.05, 0) is 37.2 Å². The molecule has 1 saturated heterocycles. The molecule has 4 rings (SSSR count). The predicted octanol–water partition coefficient (Wildman–Crippen LogP) is 3.66. The summed E-state index contributed by atoms with van der Waals surface area (Å²) in [4.78, 5) is 23.0. The molecule has 2 aromatic carbocycles. The summed E-state index contributed by atoms with van der Waals surface area (Å²) < 4.78 is 14.1. The highest BCUT2D eigenvalue weighted by Gasteiger charge is 2.29. The number of hydrogen-bond acceptors (Lipinski definition) is 5. The summed E-state index contributed by atoms with van der Waals surface area (Å²) in [6.45, 7) is 8.79. The van der Waals surface area contributed by atoms with E-state index in [9.17, 15) is 9.18 Å². The topological polar surface area (TPSA) is 57.2 Å². The number of oxime groups is 1. The molecule has 6 nitrogen and oxygen atoms in total. The Bertz CT molecular complexity index is 942. The van der Waals surface area contributed by atoms with Gasteiger partial charge in [0.15, 0.2) is 6.10 Å². The zero-order valence-electron chi connectivity index (χ0n) is 18.1. The van der Waals surface area contributed by atoms with Crippen LogP contribution in [0.25, 0.3) is 0 Å². The van der Waals surface area contributed by atoms with Crippen LogP contribution in [0, 0.1) is 5.82 Å². The second kappa shape index (κ2) is 9.47. The molecular formula is C24H29FN4O2. The van der Waals surface area contributed by atoms with Crippen molar-refractivity contribution in [1.82, 2.24) is 10.2 Å². The zero-order valence-corrected chi connectivity index (χ0v) is 18.1. The first-order chi connectivity index (χ1) is 15.0. The average Bonchev–Trinajstić information content (AvgIpc) is 3.30. The van der Waals surface area contributed by atoms with E-state index >= 15 is 0 Å². The number of amides is 1. The highest BCUT2D eigenvalue weighted by atomic mass is 19.1. The van der Waals surface area contributed by atoms with E-state index in [0.29, 0.717) is 12.1 Å². The van der Waals surface area contributed by atoms with E-state index in [1.54, 1.807) is 0 Å². The molecule has 1 fully saturated rings. The molecule has 0 radical (unpaired) electrons. The molecule has 0 saturated carbocycles. The van der Waals surface area contributed by atoms with Gasteiger partial charge in [-0.15, -0.1) is 0 Å². The number of halogens is 1. The minimum absolute atomic E-state index is 0.253. The molecule has 1 N–H and O–H groups in total. The number of nitrogens with one attached hydrogen (secondary N) is 1. The second-order valence-corrected chi connectivity index (χ2v) is 8.07. The van der Waals surface area contributed by atoms with Crippen molar-refractivity contribution in [2.75, 3.05) is 37.6 Å². The monoisotopic (exact) mass is 424 g/mol. The second-order valence-electron chi connectivity index (χ2n) is 8.07. The highest BCUT2D eigenvalue weighted by molar-refractivity contribution is 6.39. The molecule has 164 valence electrons. The maximum Gasteiger partial charge on any atom is 0.269 e. The number of carbonyl (C=O) groups is 1. The Labute approximate surface area is 182 Å². The number of anilines is 1. The molecule has 2 heterocycles. The molecular weight excluding hydrogens is 395 g/mol. The third-order valence-corrected chi connectivity index (χ3v) is 6.07. The first-order valence-corrected chi connectivity index (χ1v) is 10.9. The fraction of sp³-hybridized carbons (Fsp3) is 0.417. The van der Waals surface area contributed by atoms with Gasteiger partial charge in [0.1, 0.15) is 11.5 Å². The van der Waals surface area contributed by atoms with Crippen LogP contribution in [0.1, 0.15) is 43.5 Å². The fourth-order valence-corrected chi connectivity index (χ4v) is 4.18. The lowest BCUT2D eigenvalue weighted by Crippen LogP contribution is -2.46.